The molecule has 2 aliphatic carbocycles. The zero-order valence-electron chi connectivity index (χ0n) is 18.1. The minimum atomic E-state index is -1.25. The molecule has 0 bridgehead atoms. The van der Waals surface area contributed by atoms with E-state index in [1.165, 1.54) is 0 Å². The predicted molar refractivity (Wildman–Crippen MR) is 107 cm³/mol. The molecule has 6 atom stereocenters. The first-order valence-corrected chi connectivity index (χ1v) is 10.9. The number of rotatable bonds is 13. The van der Waals surface area contributed by atoms with Gasteiger partial charge in [-0.25, -0.2) is 14.7 Å². The van der Waals surface area contributed by atoms with Gasteiger partial charge in [0.15, 0.2) is 0 Å². The van der Waals surface area contributed by atoms with Crippen LogP contribution in [0.1, 0.15) is 44.9 Å². The largest absolute Gasteiger partial charge is 0.481 e. The maximum Gasteiger partial charge on any atom is 0.309 e. The lowest BCUT2D eigenvalue weighted by molar-refractivity contribution is -0.529. The SMILES string of the molecule is O=C(O)C1CC([N+](=O)[O-])CCC1C(=O)OCCCOOCC1CCC([N+](=O)[O-])CC1COO. The third-order valence-corrected chi connectivity index (χ3v) is 6.42. The molecule has 2 N–H and O–H groups in total. The Balaban J connectivity index is 1.64. The Hall–Kier alpha value is -2.42. The van der Waals surface area contributed by atoms with E-state index in [1.807, 2.05) is 0 Å². The molecule has 0 aliphatic heterocycles. The lowest BCUT2D eigenvalue weighted by Crippen LogP contribution is -2.40. The Labute approximate surface area is 189 Å². The van der Waals surface area contributed by atoms with Crippen LogP contribution in [0.3, 0.4) is 0 Å². The summed E-state index contributed by atoms with van der Waals surface area (Å²) in [5.74, 6) is -4.33. The van der Waals surface area contributed by atoms with Crippen molar-refractivity contribution in [3.63, 3.8) is 0 Å². The number of carboxylic acids is 1. The molecule has 188 valence electrons. The molecule has 0 amide bonds. The second-order valence-electron chi connectivity index (χ2n) is 8.50. The highest BCUT2D eigenvalue weighted by Crippen LogP contribution is 2.33. The van der Waals surface area contributed by atoms with Crippen molar-refractivity contribution in [1.82, 2.24) is 0 Å². The van der Waals surface area contributed by atoms with Gasteiger partial charge in [-0.3, -0.25) is 35.1 Å². The van der Waals surface area contributed by atoms with Crippen LogP contribution in [0, 0.1) is 43.9 Å². The van der Waals surface area contributed by atoms with Crippen LogP contribution in [0.2, 0.25) is 0 Å². The van der Waals surface area contributed by atoms with Crippen LogP contribution in [-0.2, 0) is 29.0 Å². The van der Waals surface area contributed by atoms with Crippen LogP contribution in [0.25, 0.3) is 0 Å². The Morgan fingerprint density at radius 1 is 0.848 bits per heavy atom. The van der Waals surface area contributed by atoms with E-state index in [4.69, 9.17) is 19.8 Å². The van der Waals surface area contributed by atoms with Gasteiger partial charge in [0.05, 0.1) is 38.3 Å². The Bertz CT molecular complexity index is 690. The van der Waals surface area contributed by atoms with E-state index in [9.17, 15) is 34.9 Å². The highest BCUT2D eigenvalue weighted by Gasteiger charge is 2.44. The normalized spacial score (nSPS) is 29.8. The summed E-state index contributed by atoms with van der Waals surface area (Å²) in [5, 5.41) is 39.9. The molecule has 0 aromatic carbocycles. The number of carboxylic acid groups (broad SMARTS) is 1. The molecule has 2 fully saturated rings. The van der Waals surface area contributed by atoms with Gasteiger partial charge in [-0.2, -0.15) is 0 Å². The highest BCUT2D eigenvalue weighted by atomic mass is 17.2. The Morgan fingerprint density at radius 3 is 2.15 bits per heavy atom. The molecule has 0 aromatic heterocycles. The second-order valence-corrected chi connectivity index (χ2v) is 8.50. The first-order chi connectivity index (χ1) is 15.7. The van der Waals surface area contributed by atoms with Gasteiger partial charge in [0.2, 0.25) is 12.1 Å². The number of carbonyl (C=O) groups is 2. The van der Waals surface area contributed by atoms with E-state index >= 15 is 0 Å². The summed E-state index contributed by atoms with van der Waals surface area (Å²) in [7, 11) is 0. The van der Waals surface area contributed by atoms with Gasteiger partial charge in [-0.15, -0.1) is 0 Å². The summed E-state index contributed by atoms with van der Waals surface area (Å²) in [6.07, 6.45) is 1.50. The van der Waals surface area contributed by atoms with E-state index in [0.717, 1.165) is 0 Å². The van der Waals surface area contributed by atoms with Crippen LogP contribution in [0.4, 0.5) is 0 Å². The monoisotopic (exact) mass is 478 g/mol. The van der Waals surface area contributed by atoms with Gasteiger partial charge in [0.1, 0.15) is 0 Å². The van der Waals surface area contributed by atoms with Gasteiger partial charge < -0.3 is 9.84 Å². The number of carbonyl (C=O) groups excluding carboxylic acids is 1. The quantitative estimate of drug-likeness (QED) is 0.127. The standard InChI is InChI=1S/C19H30N2O12/c22-18(23)17-9-15(21(27)28)4-5-16(17)19(24)30-6-1-7-32-33-11-12-2-3-14(20(25)26)8-13(12)10-31-29/h12-17,29H,1-11H2,(H,22,23). The number of aliphatic carboxylic acids is 1. The number of hydrogen-bond acceptors (Lipinski definition) is 11. The molecule has 33 heavy (non-hydrogen) atoms. The number of nitrogens with zero attached hydrogens (tertiary/aromatic N) is 2. The average Bonchev–Trinajstić information content (AvgIpc) is 2.78. The summed E-state index contributed by atoms with van der Waals surface area (Å²) in [6.45, 7) is 0.196. The van der Waals surface area contributed by atoms with Gasteiger partial charge >= 0.3 is 11.9 Å². The topological polar surface area (TPSA) is 198 Å². The lowest BCUT2D eigenvalue weighted by Gasteiger charge is -2.31. The van der Waals surface area contributed by atoms with Crippen LogP contribution in [-0.4, -0.2) is 70.7 Å². The number of esters is 1. The van der Waals surface area contributed by atoms with Crippen molar-refractivity contribution < 1.29 is 49.2 Å². The van der Waals surface area contributed by atoms with Crippen LogP contribution < -0.4 is 0 Å². The molecule has 0 saturated heterocycles. The molecule has 0 radical (unpaired) electrons. The molecular weight excluding hydrogens is 448 g/mol. The fraction of sp³-hybridized carbons (Fsp3) is 0.895. The van der Waals surface area contributed by atoms with Crippen LogP contribution in [0.15, 0.2) is 0 Å². The molecule has 14 heteroatoms. The van der Waals surface area contributed by atoms with Crippen LogP contribution >= 0.6 is 0 Å². The van der Waals surface area contributed by atoms with Crippen molar-refractivity contribution in [2.24, 2.45) is 23.7 Å². The van der Waals surface area contributed by atoms with Crippen molar-refractivity contribution in [3.8, 4) is 0 Å². The molecule has 2 rings (SSSR count). The molecule has 6 unspecified atom stereocenters. The van der Waals surface area contributed by atoms with Crippen molar-refractivity contribution in [2.75, 3.05) is 26.4 Å². The van der Waals surface area contributed by atoms with Crippen LogP contribution in [0.5, 0.6) is 0 Å². The third-order valence-electron chi connectivity index (χ3n) is 6.42. The first-order valence-electron chi connectivity index (χ1n) is 10.9. The first kappa shape index (κ1) is 26.8. The minimum Gasteiger partial charge on any atom is -0.481 e. The summed E-state index contributed by atoms with van der Waals surface area (Å²) in [4.78, 5) is 59.1. The lowest BCUT2D eigenvalue weighted by atomic mass is 9.77. The summed E-state index contributed by atoms with van der Waals surface area (Å²) in [5.41, 5.74) is 0. The second kappa shape index (κ2) is 13.3. The van der Waals surface area contributed by atoms with Gasteiger partial charge in [-0.05, 0) is 24.7 Å². The van der Waals surface area contributed by atoms with Crippen molar-refractivity contribution in [2.45, 2.75) is 57.0 Å². The molecule has 0 aromatic rings. The average molecular weight is 478 g/mol. The predicted octanol–water partition coefficient (Wildman–Crippen LogP) is 1.57. The van der Waals surface area contributed by atoms with E-state index in [2.05, 4.69) is 4.89 Å². The van der Waals surface area contributed by atoms with Crippen molar-refractivity contribution >= 4 is 11.9 Å². The molecule has 2 aliphatic rings. The van der Waals surface area contributed by atoms with Crippen molar-refractivity contribution in [1.29, 1.82) is 0 Å². The number of ether oxygens (including phenoxy) is 1. The van der Waals surface area contributed by atoms with Crippen molar-refractivity contribution in [3.05, 3.63) is 20.2 Å². The van der Waals surface area contributed by atoms with Gasteiger partial charge in [0.25, 0.3) is 0 Å². The van der Waals surface area contributed by atoms with E-state index in [0.29, 0.717) is 12.8 Å². The fourth-order valence-electron chi connectivity index (χ4n) is 4.50. The minimum absolute atomic E-state index is 0.0291. The maximum absolute atomic E-state index is 12.2. The zero-order chi connectivity index (χ0) is 24.4. The zero-order valence-corrected chi connectivity index (χ0v) is 18.1. The Morgan fingerprint density at radius 2 is 1.52 bits per heavy atom. The maximum atomic E-state index is 12.2. The summed E-state index contributed by atoms with van der Waals surface area (Å²) >= 11 is 0. The van der Waals surface area contributed by atoms with Gasteiger partial charge in [-0.1, -0.05) is 0 Å². The van der Waals surface area contributed by atoms with E-state index < -0.39 is 40.8 Å². The van der Waals surface area contributed by atoms with E-state index in [1.54, 1.807) is 0 Å². The fourth-order valence-corrected chi connectivity index (χ4v) is 4.50. The van der Waals surface area contributed by atoms with E-state index in [-0.39, 0.29) is 75.3 Å². The molecule has 14 nitrogen and oxygen atoms in total. The molecule has 2 saturated carbocycles. The molecular formula is C19H30N2O12. The third kappa shape index (κ3) is 8.14. The summed E-state index contributed by atoms with van der Waals surface area (Å²) < 4.78 is 5.12. The number of hydrogen-bond donors (Lipinski definition) is 2. The molecule has 0 spiro atoms. The van der Waals surface area contributed by atoms with Gasteiger partial charge in [0, 0.05) is 42.0 Å². The number of nitro groups is 2. The smallest absolute Gasteiger partial charge is 0.309 e. The molecule has 0 heterocycles. The Kier molecular flexibility index (Phi) is 10.8. The summed E-state index contributed by atoms with van der Waals surface area (Å²) in [6, 6.07) is -1.65. The highest BCUT2D eigenvalue weighted by molar-refractivity contribution is 5.81.